The number of para-hydroxylation sites is 1. The number of benzene rings is 1. The number of hydrogen-bond acceptors (Lipinski definition) is 4. The van der Waals surface area contributed by atoms with Crippen molar-refractivity contribution >= 4 is 33.7 Å². The molecule has 0 saturated carbocycles. The van der Waals surface area contributed by atoms with Crippen LogP contribution >= 0.6 is 27.7 Å². The van der Waals surface area contributed by atoms with Crippen molar-refractivity contribution in [3.05, 3.63) is 34.6 Å². The first-order valence-corrected chi connectivity index (χ1v) is 7.45. The second kappa shape index (κ2) is 6.21. The van der Waals surface area contributed by atoms with Gasteiger partial charge in [0.1, 0.15) is 5.82 Å². The van der Waals surface area contributed by atoms with Crippen LogP contribution in [0.15, 0.2) is 33.9 Å². The zero-order valence-corrected chi connectivity index (χ0v) is 12.6. The third-order valence-electron chi connectivity index (χ3n) is 2.43. The lowest BCUT2D eigenvalue weighted by molar-refractivity contribution is -0.133. The fraction of sp³-hybridized carbons (Fsp3) is 0.250. The van der Waals surface area contributed by atoms with Crippen LogP contribution in [-0.2, 0) is 11.2 Å². The van der Waals surface area contributed by atoms with Gasteiger partial charge in [-0.25, -0.2) is 0 Å². The Morgan fingerprint density at radius 3 is 2.79 bits per heavy atom. The largest absolute Gasteiger partial charge is 0.481 e. The minimum absolute atomic E-state index is 0.0354. The Hall–Kier alpha value is -1.34. The van der Waals surface area contributed by atoms with Gasteiger partial charge in [0, 0.05) is 10.9 Å². The van der Waals surface area contributed by atoms with Gasteiger partial charge in [0.15, 0.2) is 5.16 Å². The van der Waals surface area contributed by atoms with E-state index in [4.69, 9.17) is 5.11 Å². The highest BCUT2D eigenvalue weighted by Crippen LogP contribution is 2.27. The van der Waals surface area contributed by atoms with Crippen molar-refractivity contribution < 1.29 is 9.90 Å². The predicted molar refractivity (Wildman–Crippen MR) is 76.8 cm³/mol. The Kier molecular flexibility index (Phi) is 4.60. The van der Waals surface area contributed by atoms with Gasteiger partial charge in [0.2, 0.25) is 0 Å². The highest BCUT2D eigenvalue weighted by atomic mass is 79.9. The van der Waals surface area contributed by atoms with E-state index in [2.05, 4.69) is 26.1 Å². The smallest absolute Gasteiger partial charge is 0.313 e. The Morgan fingerprint density at radius 1 is 1.42 bits per heavy atom. The standard InChI is InChI=1S/C12H12BrN3O2S/c1-2-10-14-15-12(19-7-11(17)18)16(10)9-6-4-3-5-8(9)13/h3-6H,2,7H2,1H3,(H,17,18). The number of aromatic nitrogens is 3. The van der Waals surface area contributed by atoms with Crippen LogP contribution in [0.4, 0.5) is 0 Å². The van der Waals surface area contributed by atoms with Crippen LogP contribution in [0, 0.1) is 0 Å². The van der Waals surface area contributed by atoms with Crippen LogP contribution in [0.1, 0.15) is 12.7 Å². The molecule has 2 rings (SSSR count). The number of aliphatic carboxylic acids is 1. The average molecular weight is 342 g/mol. The first-order chi connectivity index (χ1) is 9.13. The molecule has 0 fully saturated rings. The predicted octanol–water partition coefficient (Wildman–Crippen LogP) is 2.77. The molecule has 0 bridgehead atoms. The van der Waals surface area contributed by atoms with Crippen LogP contribution in [-0.4, -0.2) is 31.6 Å². The number of aryl methyl sites for hydroxylation is 1. The second-order valence-corrected chi connectivity index (χ2v) is 5.52. The molecule has 0 aliphatic carbocycles. The van der Waals surface area contributed by atoms with Crippen molar-refractivity contribution in [1.29, 1.82) is 0 Å². The van der Waals surface area contributed by atoms with Crippen molar-refractivity contribution in [2.45, 2.75) is 18.5 Å². The number of nitrogens with zero attached hydrogens (tertiary/aromatic N) is 3. The van der Waals surface area contributed by atoms with E-state index in [9.17, 15) is 4.79 Å². The lowest BCUT2D eigenvalue weighted by Gasteiger charge is -2.10. The molecule has 0 radical (unpaired) electrons. The third-order valence-corrected chi connectivity index (χ3v) is 4.02. The van der Waals surface area contributed by atoms with Crippen LogP contribution < -0.4 is 0 Å². The molecule has 0 atom stereocenters. The van der Waals surface area contributed by atoms with Gasteiger partial charge < -0.3 is 5.11 Å². The second-order valence-electron chi connectivity index (χ2n) is 3.72. The summed E-state index contributed by atoms with van der Waals surface area (Å²) in [5.41, 5.74) is 0.914. The first kappa shape index (κ1) is 14.1. The van der Waals surface area contributed by atoms with E-state index >= 15 is 0 Å². The molecule has 0 aliphatic rings. The Bertz CT molecular complexity index is 600. The molecule has 0 spiro atoms. The summed E-state index contributed by atoms with van der Waals surface area (Å²) in [4.78, 5) is 10.7. The molecular formula is C12H12BrN3O2S. The van der Waals surface area contributed by atoms with Crippen molar-refractivity contribution in [1.82, 2.24) is 14.8 Å². The molecule has 100 valence electrons. The molecule has 1 aromatic carbocycles. The lowest BCUT2D eigenvalue weighted by atomic mass is 10.3. The Morgan fingerprint density at radius 2 is 2.16 bits per heavy atom. The fourth-order valence-electron chi connectivity index (χ4n) is 1.62. The minimum Gasteiger partial charge on any atom is -0.481 e. The minimum atomic E-state index is -0.871. The van der Waals surface area contributed by atoms with Crippen molar-refractivity contribution in [3.8, 4) is 5.69 Å². The summed E-state index contributed by atoms with van der Waals surface area (Å²) in [5, 5.41) is 17.5. The van der Waals surface area contributed by atoms with Gasteiger partial charge in [-0.2, -0.15) is 0 Å². The average Bonchev–Trinajstić information content (AvgIpc) is 2.79. The summed E-state index contributed by atoms with van der Waals surface area (Å²) < 4.78 is 2.80. The summed E-state index contributed by atoms with van der Waals surface area (Å²) in [7, 11) is 0. The highest BCUT2D eigenvalue weighted by Gasteiger charge is 2.15. The summed E-state index contributed by atoms with van der Waals surface area (Å²) in [5.74, 6) is -0.101. The number of carbonyl (C=O) groups is 1. The van der Waals surface area contributed by atoms with Crippen molar-refractivity contribution in [2.75, 3.05) is 5.75 Å². The molecular weight excluding hydrogens is 330 g/mol. The molecule has 0 amide bonds. The normalized spacial score (nSPS) is 10.6. The molecule has 1 aromatic heterocycles. The Balaban J connectivity index is 2.45. The number of thioether (sulfide) groups is 1. The van der Waals surface area contributed by atoms with Gasteiger partial charge in [-0.05, 0) is 28.1 Å². The van der Waals surface area contributed by atoms with E-state index in [1.807, 2.05) is 35.8 Å². The van der Waals surface area contributed by atoms with Gasteiger partial charge >= 0.3 is 5.97 Å². The number of rotatable bonds is 5. The summed E-state index contributed by atoms with van der Waals surface area (Å²) in [6, 6.07) is 7.72. The summed E-state index contributed by atoms with van der Waals surface area (Å²) in [6.45, 7) is 1.99. The fourth-order valence-corrected chi connectivity index (χ4v) is 2.77. The number of carboxylic acids is 1. The van der Waals surface area contributed by atoms with E-state index in [0.717, 1.165) is 34.2 Å². The van der Waals surface area contributed by atoms with Gasteiger partial charge in [0.25, 0.3) is 0 Å². The van der Waals surface area contributed by atoms with Gasteiger partial charge in [-0.3, -0.25) is 9.36 Å². The monoisotopic (exact) mass is 341 g/mol. The van der Waals surface area contributed by atoms with E-state index in [1.165, 1.54) is 0 Å². The van der Waals surface area contributed by atoms with E-state index < -0.39 is 5.97 Å². The Labute approximate surface area is 123 Å². The molecule has 1 N–H and O–H groups in total. The molecule has 7 heteroatoms. The van der Waals surface area contributed by atoms with E-state index in [1.54, 1.807) is 0 Å². The quantitative estimate of drug-likeness (QED) is 0.847. The van der Waals surface area contributed by atoms with E-state index in [0.29, 0.717) is 5.16 Å². The van der Waals surface area contributed by atoms with Crippen molar-refractivity contribution in [2.24, 2.45) is 0 Å². The molecule has 5 nitrogen and oxygen atoms in total. The molecule has 0 aliphatic heterocycles. The molecule has 1 heterocycles. The SMILES string of the molecule is CCc1nnc(SCC(=O)O)n1-c1ccccc1Br. The molecule has 0 saturated heterocycles. The molecule has 19 heavy (non-hydrogen) atoms. The topological polar surface area (TPSA) is 68.0 Å². The van der Waals surface area contributed by atoms with Crippen molar-refractivity contribution in [3.63, 3.8) is 0 Å². The highest BCUT2D eigenvalue weighted by molar-refractivity contribution is 9.10. The van der Waals surface area contributed by atoms with Gasteiger partial charge in [-0.1, -0.05) is 30.8 Å². The summed E-state index contributed by atoms with van der Waals surface area (Å²) >= 11 is 4.66. The van der Waals surface area contributed by atoms with Crippen LogP contribution in [0.5, 0.6) is 0 Å². The van der Waals surface area contributed by atoms with Gasteiger partial charge in [-0.15, -0.1) is 10.2 Å². The zero-order valence-electron chi connectivity index (χ0n) is 10.2. The number of halogens is 1. The van der Waals surface area contributed by atoms with Gasteiger partial charge in [0.05, 0.1) is 11.4 Å². The van der Waals surface area contributed by atoms with Crippen LogP contribution in [0.25, 0.3) is 5.69 Å². The van der Waals surface area contributed by atoms with E-state index in [-0.39, 0.29) is 5.75 Å². The van der Waals surface area contributed by atoms with Crippen LogP contribution in [0.2, 0.25) is 0 Å². The molecule has 2 aromatic rings. The molecule has 0 unspecified atom stereocenters. The zero-order chi connectivity index (χ0) is 13.8. The maximum Gasteiger partial charge on any atom is 0.313 e. The maximum atomic E-state index is 10.7. The summed E-state index contributed by atoms with van der Waals surface area (Å²) in [6.07, 6.45) is 0.724. The third kappa shape index (κ3) is 3.16. The maximum absolute atomic E-state index is 10.7. The number of hydrogen-bond donors (Lipinski definition) is 1. The van der Waals surface area contributed by atoms with Crippen LogP contribution in [0.3, 0.4) is 0 Å². The lowest BCUT2D eigenvalue weighted by Crippen LogP contribution is -2.05. The first-order valence-electron chi connectivity index (χ1n) is 5.67. The number of carboxylic acid groups (broad SMARTS) is 1.